The third-order valence-corrected chi connectivity index (χ3v) is 2.28. The molecule has 6 nitrogen and oxygen atoms in total. The zero-order valence-electron chi connectivity index (χ0n) is 8.03. The first-order valence-electron chi connectivity index (χ1n) is 4.17. The fourth-order valence-electron chi connectivity index (χ4n) is 0.910. The van der Waals surface area contributed by atoms with E-state index in [1.54, 1.807) is 7.05 Å². The van der Waals surface area contributed by atoms with Crippen LogP contribution in [0.15, 0.2) is 4.79 Å². The van der Waals surface area contributed by atoms with Crippen molar-refractivity contribution in [1.82, 2.24) is 19.7 Å². The zero-order valence-corrected chi connectivity index (χ0v) is 8.85. The molecule has 0 unspecified atom stereocenters. The fraction of sp³-hybridized carbons (Fsp3) is 0.571. The summed E-state index contributed by atoms with van der Waals surface area (Å²) in [6.45, 7) is 2.44. The topological polar surface area (TPSA) is 73.9 Å². The van der Waals surface area contributed by atoms with Gasteiger partial charge < -0.3 is 4.90 Å². The monoisotopic (exact) mass is 216 g/mol. The summed E-state index contributed by atoms with van der Waals surface area (Å²) in [5, 5.41) is 4.78. The van der Waals surface area contributed by atoms with Crippen LogP contribution in [0.3, 0.4) is 0 Å². The Morgan fingerprint density at radius 2 is 2.21 bits per heavy atom. The molecule has 2 N–H and O–H groups in total. The molecule has 78 valence electrons. The predicted octanol–water partition coefficient (Wildman–Crippen LogP) is -0.288. The van der Waals surface area contributed by atoms with Crippen molar-refractivity contribution in [2.24, 2.45) is 0 Å². The lowest BCUT2D eigenvalue weighted by atomic mass is 10.5. The number of nitrogens with one attached hydrogen (secondary N) is 2. The van der Waals surface area contributed by atoms with Crippen LogP contribution in [-0.4, -0.2) is 39.2 Å². The fourth-order valence-corrected chi connectivity index (χ4v) is 1.11. The summed E-state index contributed by atoms with van der Waals surface area (Å²) in [5.41, 5.74) is -0.396. The number of rotatable bonds is 3. The van der Waals surface area contributed by atoms with Gasteiger partial charge in [0.15, 0.2) is 4.77 Å². The maximum Gasteiger partial charge on any atom is 0.342 e. The van der Waals surface area contributed by atoms with Gasteiger partial charge in [0, 0.05) is 13.6 Å². The number of nitrogens with zero attached hydrogens (tertiary/aromatic N) is 2. The Balaban J connectivity index is 2.85. The van der Waals surface area contributed by atoms with Crippen molar-refractivity contribution in [1.29, 1.82) is 0 Å². The number of aromatic amines is 2. The summed E-state index contributed by atoms with van der Waals surface area (Å²) in [6.07, 6.45) is 0. The van der Waals surface area contributed by atoms with E-state index in [2.05, 4.69) is 10.2 Å². The lowest BCUT2D eigenvalue weighted by Gasteiger charge is -2.13. The molecule has 0 saturated heterocycles. The Kier molecular flexibility index (Phi) is 3.23. The van der Waals surface area contributed by atoms with Gasteiger partial charge in [-0.25, -0.2) is 9.89 Å². The van der Waals surface area contributed by atoms with Gasteiger partial charge in [-0.2, -0.15) is 0 Å². The van der Waals surface area contributed by atoms with Crippen LogP contribution in [0, 0.1) is 4.77 Å². The van der Waals surface area contributed by atoms with E-state index in [4.69, 9.17) is 12.2 Å². The van der Waals surface area contributed by atoms with E-state index in [9.17, 15) is 9.59 Å². The molecule has 0 aliphatic heterocycles. The van der Waals surface area contributed by atoms with Gasteiger partial charge in [-0.1, -0.05) is 0 Å². The van der Waals surface area contributed by atoms with Crippen molar-refractivity contribution in [2.45, 2.75) is 13.5 Å². The van der Waals surface area contributed by atoms with E-state index in [-0.39, 0.29) is 17.2 Å². The first-order chi connectivity index (χ1) is 6.56. The quantitative estimate of drug-likeness (QED) is 0.682. The predicted molar refractivity (Wildman–Crippen MR) is 53.5 cm³/mol. The van der Waals surface area contributed by atoms with E-state index < -0.39 is 5.69 Å². The van der Waals surface area contributed by atoms with Gasteiger partial charge in [-0.05, 0) is 19.1 Å². The van der Waals surface area contributed by atoms with Crippen molar-refractivity contribution < 1.29 is 4.79 Å². The molecule has 1 heterocycles. The second-order valence-corrected chi connectivity index (χ2v) is 3.24. The minimum absolute atomic E-state index is 0.0258. The SMILES string of the molecule is CCN(C)C(=O)Cn1c(=O)[nH][nH]c1=S. The highest BCUT2D eigenvalue weighted by molar-refractivity contribution is 7.71. The van der Waals surface area contributed by atoms with Crippen LogP contribution in [0.4, 0.5) is 0 Å². The molecule has 0 aliphatic rings. The van der Waals surface area contributed by atoms with Crippen LogP contribution in [0.2, 0.25) is 0 Å². The number of carbonyl (C=O) groups excluding carboxylic acids is 1. The number of carbonyl (C=O) groups is 1. The van der Waals surface area contributed by atoms with E-state index >= 15 is 0 Å². The minimum atomic E-state index is -0.396. The highest BCUT2D eigenvalue weighted by atomic mass is 32.1. The lowest BCUT2D eigenvalue weighted by molar-refractivity contribution is -0.130. The van der Waals surface area contributed by atoms with Crippen molar-refractivity contribution in [2.75, 3.05) is 13.6 Å². The molecule has 7 heteroatoms. The number of amides is 1. The maximum absolute atomic E-state index is 11.4. The zero-order chi connectivity index (χ0) is 10.7. The summed E-state index contributed by atoms with van der Waals surface area (Å²) < 4.78 is 1.41. The summed E-state index contributed by atoms with van der Waals surface area (Å²) in [4.78, 5) is 24.1. The van der Waals surface area contributed by atoms with Crippen LogP contribution in [0.5, 0.6) is 0 Å². The minimum Gasteiger partial charge on any atom is -0.344 e. The van der Waals surface area contributed by atoms with Crippen molar-refractivity contribution in [3.05, 3.63) is 15.3 Å². The first-order valence-corrected chi connectivity index (χ1v) is 4.58. The van der Waals surface area contributed by atoms with Crippen molar-refractivity contribution in [3.63, 3.8) is 0 Å². The molecule has 14 heavy (non-hydrogen) atoms. The average molecular weight is 216 g/mol. The van der Waals surface area contributed by atoms with Crippen LogP contribution >= 0.6 is 12.2 Å². The third-order valence-electron chi connectivity index (χ3n) is 1.96. The molecular formula is C7H12N4O2S. The van der Waals surface area contributed by atoms with Gasteiger partial charge >= 0.3 is 5.69 Å². The van der Waals surface area contributed by atoms with E-state index in [0.717, 1.165) is 0 Å². The van der Waals surface area contributed by atoms with Gasteiger partial charge in [0.25, 0.3) is 0 Å². The maximum atomic E-state index is 11.4. The van der Waals surface area contributed by atoms with E-state index in [1.165, 1.54) is 9.47 Å². The Hall–Kier alpha value is -1.37. The van der Waals surface area contributed by atoms with Crippen molar-refractivity contribution >= 4 is 18.1 Å². The molecule has 1 rings (SSSR count). The molecule has 1 aromatic rings. The second kappa shape index (κ2) is 4.23. The molecule has 0 atom stereocenters. The molecule has 0 saturated carbocycles. The Bertz CT molecular complexity index is 402. The molecule has 0 spiro atoms. The molecule has 0 radical (unpaired) electrons. The molecule has 0 aliphatic carbocycles. The number of likely N-dealkylation sites (N-methyl/N-ethyl adjacent to an activating group) is 1. The van der Waals surface area contributed by atoms with Crippen LogP contribution in [0.1, 0.15) is 6.92 Å². The number of hydrogen-bond acceptors (Lipinski definition) is 3. The number of hydrogen-bond donors (Lipinski definition) is 2. The highest BCUT2D eigenvalue weighted by Gasteiger charge is 2.09. The normalized spacial score (nSPS) is 10.1. The van der Waals surface area contributed by atoms with Crippen LogP contribution in [-0.2, 0) is 11.3 Å². The highest BCUT2D eigenvalue weighted by Crippen LogP contribution is 1.88. The lowest BCUT2D eigenvalue weighted by Crippen LogP contribution is -2.33. The second-order valence-electron chi connectivity index (χ2n) is 2.85. The number of aromatic nitrogens is 3. The van der Waals surface area contributed by atoms with Crippen LogP contribution in [0.25, 0.3) is 0 Å². The van der Waals surface area contributed by atoms with Gasteiger partial charge in [0.05, 0.1) is 0 Å². The average Bonchev–Trinajstić information content (AvgIpc) is 2.48. The summed E-state index contributed by atoms with van der Waals surface area (Å²) >= 11 is 4.82. The summed E-state index contributed by atoms with van der Waals surface area (Å²) in [5.74, 6) is -0.145. The third kappa shape index (κ3) is 2.11. The molecule has 1 amide bonds. The van der Waals surface area contributed by atoms with Gasteiger partial charge in [0.2, 0.25) is 5.91 Å². The molecular weight excluding hydrogens is 204 g/mol. The largest absolute Gasteiger partial charge is 0.344 e. The smallest absolute Gasteiger partial charge is 0.342 e. The Morgan fingerprint density at radius 3 is 2.64 bits per heavy atom. The molecule has 1 aromatic heterocycles. The van der Waals surface area contributed by atoms with Crippen LogP contribution < -0.4 is 5.69 Å². The molecule has 0 aromatic carbocycles. The molecule has 0 bridgehead atoms. The standard InChI is InChI=1S/C7H12N4O2S/c1-3-10(2)5(12)4-11-6(13)8-9-7(11)14/h3-4H2,1-2H3,(H,8,13)(H,9,14). The number of H-pyrrole nitrogens is 2. The molecule has 0 fully saturated rings. The van der Waals surface area contributed by atoms with E-state index in [0.29, 0.717) is 6.54 Å². The Labute approximate surface area is 85.5 Å². The summed E-state index contributed by atoms with van der Waals surface area (Å²) in [6, 6.07) is 0. The van der Waals surface area contributed by atoms with E-state index in [1.807, 2.05) is 6.92 Å². The first kappa shape index (κ1) is 10.7. The Morgan fingerprint density at radius 1 is 1.57 bits per heavy atom. The summed E-state index contributed by atoms with van der Waals surface area (Å²) in [7, 11) is 1.67. The van der Waals surface area contributed by atoms with Gasteiger partial charge in [-0.15, -0.1) is 0 Å². The van der Waals surface area contributed by atoms with Gasteiger partial charge in [-0.3, -0.25) is 14.5 Å². The van der Waals surface area contributed by atoms with Gasteiger partial charge in [0.1, 0.15) is 6.54 Å². The van der Waals surface area contributed by atoms with Crippen molar-refractivity contribution in [3.8, 4) is 0 Å².